The molecule has 0 spiro atoms. The number of piperidine rings is 1. The maximum atomic E-state index is 12.2. The van der Waals surface area contributed by atoms with Gasteiger partial charge in [-0.25, -0.2) is 0 Å². The highest BCUT2D eigenvalue weighted by Gasteiger charge is 2.49. The minimum atomic E-state index is -0.329. The average molecular weight is 253 g/mol. The van der Waals surface area contributed by atoms with Gasteiger partial charge in [0.2, 0.25) is 11.8 Å². The Morgan fingerprint density at radius 2 is 2.00 bits per heavy atom. The smallest absolute Gasteiger partial charge is 0.230 e. The molecule has 0 aromatic carbocycles. The van der Waals surface area contributed by atoms with E-state index in [1.54, 1.807) is 0 Å². The molecule has 0 aromatic rings. The number of amides is 2. The highest BCUT2D eigenvalue weighted by molar-refractivity contribution is 5.99. The lowest BCUT2D eigenvalue weighted by Crippen LogP contribution is -2.55. The van der Waals surface area contributed by atoms with E-state index in [1.807, 2.05) is 13.8 Å². The summed E-state index contributed by atoms with van der Waals surface area (Å²) in [5.74, 6) is 0.115. The molecule has 2 unspecified atom stereocenters. The molecule has 2 atom stereocenters. The van der Waals surface area contributed by atoms with Gasteiger partial charge < -0.3 is 4.74 Å². The number of ether oxygens (including phenoxy) is 1. The van der Waals surface area contributed by atoms with Crippen molar-refractivity contribution in [2.75, 3.05) is 13.2 Å². The topological polar surface area (TPSA) is 55.4 Å². The first-order chi connectivity index (χ1) is 8.57. The molecular formula is C14H23NO3. The van der Waals surface area contributed by atoms with Crippen molar-refractivity contribution in [1.82, 2.24) is 5.32 Å². The molecule has 1 aliphatic carbocycles. The summed E-state index contributed by atoms with van der Waals surface area (Å²) in [5, 5.41) is 2.50. The third kappa shape index (κ3) is 2.58. The first-order valence-corrected chi connectivity index (χ1v) is 6.98. The summed E-state index contributed by atoms with van der Waals surface area (Å²) in [5.41, 5.74) is -0.329. The number of hydrogen-bond acceptors (Lipinski definition) is 3. The van der Waals surface area contributed by atoms with Crippen molar-refractivity contribution < 1.29 is 14.3 Å². The van der Waals surface area contributed by atoms with E-state index in [2.05, 4.69) is 5.32 Å². The Hall–Kier alpha value is -0.900. The molecule has 2 aliphatic rings. The maximum absolute atomic E-state index is 12.2. The van der Waals surface area contributed by atoms with E-state index in [0.717, 1.165) is 12.8 Å². The van der Waals surface area contributed by atoms with Crippen LogP contribution < -0.4 is 5.32 Å². The number of nitrogens with one attached hydrogen (secondary N) is 1. The second kappa shape index (κ2) is 5.39. The van der Waals surface area contributed by atoms with Crippen LogP contribution in [0, 0.1) is 17.3 Å². The lowest BCUT2D eigenvalue weighted by Gasteiger charge is -2.42. The van der Waals surface area contributed by atoms with Crippen LogP contribution in [0.25, 0.3) is 0 Å². The summed E-state index contributed by atoms with van der Waals surface area (Å²) in [6.45, 7) is 5.10. The van der Waals surface area contributed by atoms with Gasteiger partial charge in [-0.05, 0) is 25.7 Å². The standard InChI is InChI=1S/C14H23NO3/c1-3-18-9-14(2)8-11(16)15-13(17)12(14)10-6-4-5-7-10/h10,12H,3-9H2,1-2H3,(H,15,16,17). The Balaban J connectivity index is 2.18. The summed E-state index contributed by atoms with van der Waals surface area (Å²) < 4.78 is 5.53. The van der Waals surface area contributed by atoms with E-state index in [0.29, 0.717) is 25.6 Å². The fourth-order valence-electron chi connectivity index (χ4n) is 3.60. The van der Waals surface area contributed by atoms with Crippen molar-refractivity contribution in [1.29, 1.82) is 0 Å². The summed E-state index contributed by atoms with van der Waals surface area (Å²) in [4.78, 5) is 23.8. The molecule has 4 nitrogen and oxygen atoms in total. The van der Waals surface area contributed by atoms with E-state index < -0.39 is 0 Å². The zero-order chi connectivity index (χ0) is 13.2. The first kappa shape index (κ1) is 13.5. The largest absolute Gasteiger partial charge is 0.381 e. The number of rotatable bonds is 4. The highest BCUT2D eigenvalue weighted by Crippen LogP contribution is 2.45. The summed E-state index contributed by atoms with van der Waals surface area (Å²) in [6.07, 6.45) is 5.02. The van der Waals surface area contributed by atoms with Gasteiger partial charge in [-0.2, -0.15) is 0 Å². The van der Waals surface area contributed by atoms with Gasteiger partial charge >= 0.3 is 0 Å². The Kier molecular flexibility index (Phi) is 4.05. The Morgan fingerprint density at radius 1 is 1.33 bits per heavy atom. The van der Waals surface area contributed by atoms with E-state index in [1.165, 1.54) is 12.8 Å². The fourth-order valence-corrected chi connectivity index (χ4v) is 3.60. The fraction of sp³-hybridized carbons (Fsp3) is 0.857. The summed E-state index contributed by atoms with van der Waals surface area (Å²) in [6, 6.07) is 0. The van der Waals surface area contributed by atoms with Gasteiger partial charge in [0.25, 0.3) is 0 Å². The molecule has 0 aromatic heterocycles. The molecule has 1 aliphatic heterocycles. The molecule has 1 saturated heterocycles. The minimum Gasteiger partial charge on any atom is -0.381 e. The summed E-state index contributed by atoms with van der Waals surface area (Å²) >= 11 is 0. The van der Waals surface area contributed by atoms with E-state index in [-0.39, 0.29) is 23.1 Å². The molecule has 4 heteroatoms. The molecule has 1 heterocycles. The molecule has 0 bridgehead atoms. The third-order valence-electron chi connectivity index (χ3n) is 4.37. The molecule has 2 fully saturated rings. The zero-order valence-electron chi connectivity index (χ0n) is 11.3. The monoisotopic (exact) mass is 253 g/mol. The Bertz CT molecular complexity index is 336. The molecule has 1 N–H and O–H groups in total. The van der Waals surface area contributed by atoms with E-state index >= 15 is 0 Å². The minimum absolute atomic E-state index is 0.0655. The van der Waals surface area contributed by atoms with Crippen molar-refractivity contribution in [2.45, 2.75) is 46.0 Å². The second-order valence-electron chi connectivity index (χ2n) is 5.90. The van der Waals surface area contributed by atoms with Crippen molar-refractivity contribution >= 4 is 11.8 Å². The van der Waals surface area contributed by atoms with Crippen LogP contribution in [0.3, 0.4) is 0 Å². The first-order valence-electron chi connectivity index (χ1n) is 6.98. The van der Waals surface area contributed by atoms with Gasteiger partial charge in [0.05, 0.1) is 6.61 Å². The van der Waals surface area contributed by atoms with Gasteiger partial charge in [0.15, 0.2) is 0 Å². The highest BCUT2D eigenvalue weighted by atomic mass is 16.5. The zero-order valence-corrected chi connectivity index (χ0v) is 11.3. The van der Waals surface area contributed by atoms with Gasteiger partial charge in [-0.15, -0.1) is 0 Å². The summed E-state index contributed by atoms with van der Waals surface area (Å²) in [7, 11) is 0. The van der Waals surface area contributed by atoms with E-state index in [9.17, 15) is 9.59 Å². The predicted octanol–water partition coefficient (Wildman–Crippen LogP) is 1.88. The van der Waals surface area contributed by atoms with Crippen LogP contribution in [-0.4, -0.2) is 25.0 Å². The van der Waals surface area contributed by atoms with Crippen LogP contribution in [0.1, 0.15) is 46.0 Å². The van der Waals surface area contributed by atoms with Gasteiger partial charge in [0.1, 0.15) is 0 Å². The van der Waals surface area contributed by atoms with Crippen LogP contribution in [0.2, 0.25) is 0 Å². The average Bonchev–Trinajstić information content (AvgIpc) is 2.78. The number of carbonyl (C=O) groups excluding carboxylic acids is 2. The SMILES string of the molecule is CCOCC1(C)CC(=O)NC(=O)C1C1CCCC1. The molecule has 102 valence electrons. The molecule has 2 rings (SSSR count). The quantitative estimate of drug-likeness (QED) is 0.778. The molecule has 0 radical (unpaired) electrons. The number of carbonyl (C=O) groups is 2. The van der Waals surface area contributed by atoms with Gasteiger partial charge in [-0.1, -0.05) is 19.8 Å². The molecular weight excluding hydrogens is 230 g/mol. The normalized spacial score (nSPS) is 33.8. The maximum Gasteiger partial charge on any atom is 0.230 e. The lowest BCUT2D eigenvalue weighted by molar-refractivity contribution is -0.149. The van der Waals surface area contributed by atoms with Gasteiger partial charge in [0, 0.05) is 24.4 Å². The Morgan fingerprint density at radius 3 is 2.61 bits per heavy atom. The van der Waals surface area contributed by atoms with Crippen molar-refractivity contribution in [2.24, 2.45) is 17.3 Å². The second-order valence-corrected chi connectivity index (χ2v) is 5.90. The molecule has 18 heavy (non-hydrogen) atoms. The van der Waals surface area contributed by atoms with Crippen molar-refractivity contribution in [3.8, 4) is 0 Å². The third-order valence-corrected chi connectivity index (χ3v) is 4.37. The molecule has 1 saturated carbocycles. The predicted molar refractivity (Wildman–Crippen MR) is 67.8 cm³/mol. The van der Waals surface area contributed by atoms with Crippen LogP contribution in [-0.2, 0) is 14.3 Å². The van der Waals surface area contributed by atoms with Crippen molar-refractivity contribution in [3.63, 3.8) is 0 Å². The Labute approximate surface area is 108 Å². The number of imide groups is 1. The van der Waals surface area contributed by atoms with Crippen molar-refractivity contribution in [3.05, 3.63) is 0 Å². The van der Waals surface area contributed by atoms with E-state index in [4.69, 9.17) is 4.74 Å². The lowest BCUT2D eigenvalue weighted by atomic mass is 9.66. The molecule has 2 amide bonds. The van der Waals surface area contributed by atoms with Crippen LogP contribution >= 0.6 is 0 Å². The van der Waals surface area contributed by atoms with Crippen LogP contribution in [0.5, 0.6) is 0 Å². The number of hydrogen-bond donors (Lipinski definition) is 1. The van der Waals surface area contributed by atoms with Crippen LogP contribution in [0.15, 0.2) is 0 Å². The van der Waals surface area contributed by atoms with Crippen LogP contribution in [0.4, 0.5) is 0 Å². The van der Waals surface area contributed by atoms with Gasteiger partial charge in [-0.3, -0.25) is 14.9 Å².